The average Bonchev–Trinajstić information content (AvgIpc) is 2.88. The van der Waals surface area contributed by atoms with Crippen molar-refractivity contribution in [2.45, 2.75) is 38.0 Å². The van der Waals surface area contributed by atoms with Crippen LogP contribution in [0.2, 0.25) is 0 Å². The predicted molar refractivity (Wildman–Crippen MR) is 142 cm³/mol. The summed E-state index contributed by atoms with van der Waals surface area (Å²) >= 11 is 0. The molecule has 0 saturated carbocycles. The Hall–Kier alpha value is -4.23. The zero-order valence-electron chi connectivity index (χ0n) is 20.1. The summed E-state index contributed by atoms with van der Waals surface area (Å²) in [6.45, 7) is 1.57. The number of amides is 3. The Bertz CT molecular complexity index is 1380. The van der Waals surface area contributed by atoms with Crippen LogP contribution < -0.4 is 21.7 Å². The van der Waals surface area contributed by atoms with E-state index in [1.54, 1.807) is 6.92 Å². The number of benzene rings is 4. The molecular weight excluding hydrogens is 452 g/mol. The van der Waals surface area contributed by atoms with Crippen LogP contribution in [0, 0.1) is 0 Å². The van der Waals surface area contributed by atoms with Crippen molar-refractivity contribution >= 4 is 39.8 Å². The Morgan fingerprint density at radius 2 is 1.50 bits per heavy atom. The number of rotatable bonds is 10. The maximum atomic E-state index is 13.4. The molecule has 3 atom stereocenters. The topological polar surface area (TPSA) is 113 Å². The van der Waals surface area contributed by atoms with Crippen molar-refractivity contribution in [3.8, 4) is 0 Å². The van der Waals surface area contributed by atoms with Crippen LogP contribution in [-0.2, 0) is 27.2 Å². The summed E-state index contributed by atoms with van der Waals surface area (Å²) in [6.07, 6.45) is 0.564. The van der Waals surface area contributed by atoms with Crippen molar-refractivity contribution < 1.29 is 14.4 Å². The molecule has 36 heavy (non-hydrogen) atoms. The second kappa shape index (κ2) is 11.5. The standard InChI is InChI=1S/C29H30N4O3/c1-19(30)28(35)32-26(16-20-13-14-21-7-2-3-9-23(21)15-20)29(36)33-27(31-18-34)17-24-11-6-10-22-8-4-5-12-25(22)24/h2-15,18-19,26-27H,16-17,30H2,1H3,(H,31,34)(H,32,35)(H,33,36)/t19?,26-,27-/m1/s1. The Balaban J connectivity index is 1.55. The molecule has 5 N–H and O–H groups in total. The summed E-state index contributed by atoms with van der Waals surface area (Å²) in [6, 6.07) is 26.1. The molecule has 4 aromatic carbocycles. The van der Waals surface area contributed by atoms with E-state index < -0.39 is 30.1 Å². The summed E-state index contributed by atoms with van der Waals surface area (Å²) in [4.78, 5) is 37.2. The molecule has 0 aliphatic heterocycles. The number of hydrogen-bond acceptors (Lipinski definition) is 4. The first-order valence-corrected chi connectivity index (χ1v) is 11.9. The molecule has 0 bridgehead atoms. The molecule has 1 unspecified atom stereocenters. The largest absolute Gasteiger partial charge is 0.343 e. The van der Waals surface area contributed by atoms with E-state index in [0.717, 1.165) is 32.7 Å². The Kier molecular flexibility index (Phi) is 7.92. The molecule has 0 fully saturated rings. The molecule has 7 heteroatoms. The molecule has 0 saturated heterocycles. The number of nitrogens with two attached hydrogens (primary N) is 1. The zero-order valence-corrected chi connectivity index (χ0v) is 20.1. The highest BCUT2D eigenvalue weighted by Crippen LogP contribution is 2.20. The minimum Gasteiger partial charge on any atom is -0.343 e. The number of hydrogen-bond donors (Lipinski definition) is 4. The van der Waals surface area contributed by atoms with E-state index in [0.29, 0.717) is 12.8 Å². The molecule has 0 aliphatic rings. The lowest BCUT2D eigenvalue weighted by Gasteiger charge is -2.24. The van der Waals surface area contributed by atoms with E-state index in [1.165, 1.54) is 0 Å². The van der Waals surface area contributed by atoms with E-state index in [9.17, 15) is 14.4 Å². The van der Waals surface area contributed by atoms with Crippen LogP contribution in [0.15, 0.2) is 84.9 Å². The van der Waals surface area contributed by atoms with Gasteiger partial charge in [-0.15, -0.1) is 0 Å². The first kappa shape index (κ1) is 24.9. The van der Waals surface area contributed by atoms with Gasteiger partial charge in [0.25, 0.3) is 0 Å². The van der Waals surface area contributed by atoms with Gasteiger partial charge in [0.2, 0.25) is 18.2 Å². The number of carbonyl (C=O) groups is 3. The van der Waals surface area contributed by atoms with Crippen molar-refractivity contribution in [1.29, 1.82) is 0 Å². The zero-order chi connectivity index (χ0) is 25.5. The molecule has 4 aromatic rings. The van der Waals surface area contributed by atoms with Crippen molar-refractivity contribution in [2.75, 3.05) is 0 Å². The van der Waals surface area contributed by atoms with Crippen LogP contribution in [0.4, 0.5) is 0 Å². The Morgan fingerprint density at radius 1 is 0.806 bits per heavy atom. The van der Waals surface area contributed by atoms with Gasteiger partial charge in [-0.05, 0) is 39.6 Å². The van der Waals surface area contributed by atoms with E-state index in [2.05, 4.69) is 16.0 Å². The molecule has 0 radical (unpaired) electrons. The molecule has 3 amide bonds. The van der Waals surface area contributed by atoms with E-state index in [4.69, 9.17) is 5.73 Å². The Labute approximate surface area is 210 Å². The number of carbonyl (C=O) groups excluding carboxylic acids is 3. The van der Waals surface area contributed by atoms with Crippen molar-refractivity contribution in [3.63, 3.8) is 0 Å². The normalized spacial score (nSPS) is 13.5. The third-order valence-electron chi connectivity index (χ3n) is 6.19. The minimum atomic E-state index is -0.867. The third kappa shape index (κ3) is 6.06. The molecule has 7 nitrogen and oxygen atoms in total. The van der Waals surface area contributed by atoms with Crippen LogP contribution in [0.25, 0.3) is 21.5 Å². The first-order valence-electron chi connectivity index (χ1n) is 11.9. The summed E-state index contributed by atoms with van der Waals surface area (Å²) < 4.78 is 0. The maximum absolute atomic E-state index is 13.4. The van der Waals surface area contributed by atoms with E-state index in [1.807, 2.05) is 84.9 Å². The molecule has 0 aliphatic carbocycles. The second-order valence-electron chi connectivity index (χ2n) is 8.92. The molecule has 0 aromatic heterocycles. The van der Waals surface area contributed by atoms with Crippen LogP contribution in [0.5, 0.6) is 0 Å². The van der Waals surface area contributed by atoms with Crippen molar-refractivity contribution in [2.24, 2.45) is 5.73 Å². The summed E-state index contributed by atoms with van der Waals surface area (Å²) in [7, 11) is 0. The minimum absolute atomic E-state index is 0.275. The summed E-state index contributed by atoms with van der Waals surface area (Å²) in [5.74, 6) is -0.832. The highest BCUT2D eigenvalue weighted by Gasteiger charge is 2.25. The fourth-order valence-corrected chi connectivity index (χ4v) is 4.31. The molecule has 184 valence electrons. The second-order valence-corrected chi connectivity index (χ2v) is 8.92. The van der Waals surface area contributed by atoms with Gasteiger partial charge in [0, 0.05) is 12.8 Å². The van der Waals surface area contributed by atoms with Crippen LogP contribution in [0.3, 0.4) is 0 Å². The smallest absolute Gasteiger partial charge is 0.244 e. The van der Waals surface area contributed by atoms with Gasteiger partial charge in [0.15, 0.2) is 0 Å². The molecular formula is C29H30N4O3. The van der Waals surface area contributed by atoms with Gasteiger partial charge in [-0.25, -0.2) is 0 Å². The van der Waals surface area contributed by atoms with Gasteiger partial charge in [-0.1, -0.05) is 84.9 Å². The lowest BCUT2D eigenvalue weighted by Crippen LogP contribution is -2.56. The lowest BCUT2D eigenvalue weighted by molar-refractivity contribution is -0.130. The summed E-state index contributed by atoms with van der Waals surface area (Å²) in [5.41, 5.74) is 7.63. The highest BCUT2D eigenvalue weighted by atomic mass is 16.2. The number of nitrogens with one attached hydrogen (secondary N) is 3. The average molecular weight is 483 g/mol. The highest BCUT2D eigenvalue weighted by molar-refractivity contribution is 5.90. The van der Waals surface area contributed by atoms with E-state index >= 15 is 0 Å². The Morgan fingerprint density at radius 3 is 2.25 bits per heavy atom. The molecule has 4 rings (SSSR count). The fourth-order valence-electron chi connectivity index (χ4n) is 4.31. The van der Waals surface area contributed by atoms with E-state index in [-0.39, 0.29) is 6.42 Å². The molecule has 0 spiro atoms. The van der Waals surface area contributed by atoms with Gasteiger partial charge in [0.05, 0.1) is 6.04 Å². The van der Waals surface area contributed by atoms with Gasteiger partial charge in [-0.3, -0.25) is 14.4 Å². The summed E-state index contributed by atoms with van der Waals surface area (Å²) in [5, 5.41) is 12.6. The van der Waals surface area contributed by atoms with Gasteiger partial charge in [-0.2, -0.15) is 0 Å². The fraction of sp³-hybridized carbons (Fsp3) is 0.207. The van der Waals surface area contributed by atoms with Crippen LogP contribution in [-0.4, -0.2) is 36.5 Å². The quantitative estimate of drug-likeness (QED) is 0.206. The number of fused-ring (bicyclic) bond motifs is 2. The van der Waals surface area contributed by atoms with Crippen LogP contribution >= 0.6 is 0 Å². The van der Waals surface area contributed by atoms with Gasteiger partial charge in [0.1, 0.15) is 12.2 Å². The first-order chi connectivity index (χ1) is 17.4. The third-order valence-corrected chi connectivity index (χ3v) is 6.19. The van der Waals surface area contributed by atoms with Gasteiger partial charge >= 0.3 is 0 Å². The maximum Gasteiger partial charge on any atom is 0.244 e. The van der Waals surface area contributed by atoms with Gasteiger partial charge < -0.3 is 21.7 Å². The predicted octanol–water partition coefficient (Wildman–Crippen LogP) is 2.80. The van der Waals surface area contributed by atoms with Crippen molar-refractivity contribution in [3.05, 3.63) is 96.1 Å². The van der Waals surface area contributed by atoms with Crippen molar-refractivity contribution in [1.82, 2.24) is 16.0 Å². The SMILES string of the molecule is CC(N)C(=O)N[C@H](Cc1ccc2ccccc2c1)C(=O)N[C@H](Cc1cccc2ccccc12)NC=O. The monoisotopic (exact) mass is 482 g/mol. The lowest BCUT2D eigenvalue weighted by atomic mass is 9.99. The molecule has 0 heterocycles. The van der Waals surface area contributed by atoms with Crippen LogP contribution in [0.1, 0.15) is 18.1 Å².